The first-order valence-corrected chi connectivity index (χ1v) is 6.54. The number of benzene rings is 2. The lowest BCUT2D eigenvalue weighted by Gasteiger charge is -2.03. The van der Waals surface area contributed by atoms with Gasteiger partial charge in [0, 0.05) is 30.3 Å². The zero-order valence-electron chi connectivity index (χ0n) is 12.0. The summed E-state index contributed by atoms with van der Waals surface area (Å²) in [6.45, 7) is 0. The minimum atomic E-state index is -0.822. The van der Waals surface area contributed by atoms with Gasteiger partial charge in [-0.2, -0.15) is 0 Å². The molecule has 8 nitrogen and oxygen atoms in total. The zero-order valence-corrected chi connectivity index (χ0v) is 12.0. The maximum Gasteiger partial charge on any atom is 0.271 e. The van der Waals surface area contributed by atoms with Crippen LogP contribution in [-0.4, -0.2) is 15.8 Å². The first-order valence-electron chi connectivity index (χ1n) is 6.54. The molecule has 2 rings (SSSR count). The molecule has 0 radical (unpaired) electrons. The van der Waals surface area contributed by atoms with Crippen molar-refractivity contribution >= 4 is 29.0 Å². The van der Waals surface area contributed by atoms with E-state index in [1.165, 1.54) is 24.3 Å². The van der Waals surface area contributed by atoms with Gasteiger partial charge < -0.3 is 5.32 Å². The molecule has 0 bridgehead atoms. The summed E-state index contributed by atoms with van der Waals surface area (Å²) in [5.74, 6) is -1.56. The number of non-ortho nitro benzene ring substituents is 2. The highest BCUT2D eigenvalue weighted by Crippen LogP contribution is 2.21. The lowest BCUT2D eigenvalue weighted by atomic mass is 10.2. The number of amides is 1. The summed E-state index contributed by atoms with van der Waals surface area (Å²) in [5, 5.41) is 23.5. The van der Waals surface area contributed by atoms with Crippen LogP contribution < -0.4 is 5.32 Å². The number of nitro groups is 2. The van der Waals surface area contributed by atoms with E-state index >= 15 is 0 Å². The van der Waals surface area contributed by atoms with E-state index in [0.29, 0.717) is 5.56 Å². The molecule has 0 aliphatic rings. The molecule has 0 fully saturated rings. The van der Waals surface area contributed by atoms with E-state index in [1.807, 2.05) is 0 Å². The van der Waals surface area contributed by atoms with Crippen molar-refractivity contribution in [1.82, 2.24) is 0 Å². The Balaban J connectivity index is 2.13. The third kappa shape index (κ3) is 4.19. The van der Waals surface area contributed by atoms with Gasteiger partial charge >= 0.3 is 0 Å². The largest absolute Gasteiger partial charge is 0.320 e. The summed E-state index contributed by atoms with van der Waals surface area (Å²) < 4.78 is 13.6. The molecule has 9 heteroatoms. The van der Waals surface area contributed by atoms with Crippen LogP contribution in [-0.2, 0) is 4.79 Å². The van der Waals surface area contributed by atoms with E-state index in [4.69, 9.17) is 0 Å². The normalized spacial score (nSPS) is 10.5. The van der Waals surface area contributed by atoms with Crippen LogP contribution in [0.4, 0.5) is 21.5 Å². The predicted octanol–water partition coefficient (Wildman–Crippen LogP) is 3.29. The highest BCUT2D eigenvalue weighted by molar-refractivity contribution is 6.02. The van der Waals surface area contributed by atoms with Crippen molar-refractivity contribution in [2.45, 2.75) is 0 Å². The molecule has 0 saturated carbocycles. The Hall–Kier alpha value is -3.62. The number of carbonyl (C=O) groups excluding carboxylic acids is 1. The van der Waals surface area contributed by atoms with Crippen LogP contribution in [0.3, 0.4) is 0 Å². The molecular formula is C15H10FN3O5. The predicted molar refractivity (Wildman–Crippen MR) is 83.8 cm³/mol. The Morgan fingerprint density at radius 3 is 2.38 bits per heavy atom. The summed E-state index contributed by atoms with van der Waals surface area (Å²) in [5.41, 5.74) is -0.437. The number of hydrogen-bond acceptors (Lipinski definition) is 5. The van der Waals surface area contributed by atoms with Crippen molar-refractivity contribution in [2.75, 3.05) is 5.32 Å². The first-order chi connectivity index (χ1) is 11.4. The number of nitro benzene ring substituents is 2. The third-order valence-corrected chi connectivity index (χ3v) is 2.93. The standard InChI is InChI=1S/C15H10FN3O5/c16-13-6-5-12(19(23)24)9-14(13)17-15(20)7-4-10-2-1-3-11(8-10)18(21)22/h1-9H,(H,17,20)/b7-4+. The summed E-state index contributed by atoms with van der Waals surface area (Å²) in [6, 6.07) is 8.31. The molecule has 1 N–H and O–H groups in total. The van der Waals surface area contributed by atoms with Crippen LogP contribution in [0.25, 0.3) is 6.08 Å². The van der Waals surface area contributed by atoms with Crippen molar-refractivity contribution in [3.05, 3.63) is 80.1 Å². The zero-order chi connectivity index (χ0) is 17.7. The van der Waals surface area contributed by atoms with Crippen LogP contribution in [0.15, 0.2) is 48.5 Å². The minimum Gasteiger partial charge on any atom is -0.320 e. The Bertz CT molecular complexity index is 851. The molecule has 0 atom stereocenters. The van der Waals surface area contributed by atoms with E-state index in [-0.39, 0.29) is 17.1 Å². The Kier molecular flexibility index (Phi) is 4.95. The Morgan fingerprint density at radius 2 is 1.71 bits per heavy atom. The molecule has 0 aliphatic carbocycles. The molecule has 0 aliphatic heterocycles. The smallest absolute Gasteiger partial charge is 0.271 e. The molecular weight excluding hydrogens is 321 g/mol. The van der Waals surface area contributed by atoms with Crippen LogP contribution in [0.2, 0.25) is 0 Å². The minimum absolute atomic E-state index is 0.137. The maximum atomic E-state index is 13.6. The molecule has 2 aromatic rings. The van der Waals surface area contributed by atoms with Crippen molar-refractivity contribution in [2.24, 2.45) is 0 Å². The van der Waals surface area contributed by atoms with Crippen LogP contribution in [0.1, 0.15) is 5.56 Å². The SMILES string of the molecule is O=C(/C=C/c1cccc([N+](=O)[O-])c1)Nc1cc([N+](=O)[O-])ccc1F. The van der Waals surface area contributed by atoms with Gasteiger partial charge in [-0.05, 0) is 17.7 Å². The van der Waals surface area contributed by atoms with Gasteiger partial charge in [0.15, 0.2) is 0 Å². The first kappa shape index (κ1) is 16.7. The Labute approximate surface area is 134 Å². The average Bonchev–Trinajstić information content (AvgIpc) is 2.55. The third-order valence-electron chi connectivity index (χ3n) is 2.93. The fourth-order valence-electron chi connectivity index (χ4n) is 1.81. The van der Waals surface area contributed by atoms with Crippen molar-refractivity contribution in [3.8, 4) is 0 Å². The number of hydrogen-bond donors (Lipinski definition) is 1. The van der Waals surface area contributed by atoms with Gasteiger partial charge in [-0.1, -0.05) is 12.1 Å². The second-order valence-corrected chi connectivity index (χ2v) is 4.60. The van der Waals surface area contributed by atoms with Crippen LogP contribution in [0, 0.1) is 26.0 Å². The van der Waals surface area contributed by atoms with Crippen LogP contribution in [0.5, 0.6) is 0 Å². The number of rotatable bonds is 5. The monoisotopic (exact) mass is 331 g/mol. The molecule has 2 aromatic carbocycles. The van der Waals surface area contributed by atoms with E-state index < -0.39 is 21.6 Å². The van der Waals surface area contributed by atoms with Gasteiger partial charge in [0.05, 0.1) is 15.5 Å². The summed E-state index contributed by atoms with van der Waals surface area (Å²) >= 11 is 0. The van der Waals surface area contributed by atoms with E-state index in [0.717, 1.165) is 24.3 Å². The van der Waals surface area contributed by atoms with Gasteiger partial charge in [0.1, 0.15) is 5.82 Å². The quantitative estimate of drug-likeness (QED) is 0.513. The number of carbonyl (C=O) groups is 1. The second-order valence-electron chi connectivity index (χ2n) is 4.60. The fourth-order valence-corrected chi connectivity index (χ4v) is 1.81. The van der Waals surface area contributed by atoms with Gasteiger partial charge in [-0.3, -0.25) is 25.0 Å². The summed E-state index contributed by atoms with van der Waals surface area (Å²) in [4.78, 5) is 31.8. The Morgan fingerprint density at radius 1 is 1.04 bits per heavy atom. The highest BCUT2D eigenvalue weighted by Gasteiger charge is 2.12. The molecule has 122 valence electrons. The molecule has 0 aromatic heterocycles. The molecule has 0 saturated heterocycles. The molecule has 0 spiro atoms. The van der Waals surface area contributed by atoms with E-state index in [2.05, 4.69) is 5.32 Å². The van der Waals surface area contributed by atoms with Gasteiger partial charge in [-0.15, -0.1) is 0 Å². The van der Waals surface area contributed by atoms with Crippen LogP contribution >= 0.6 is 0 Å². The topological polar surface area (TPSA) is 115 Å². The molecule has 0 heterocycles. The van der Waals surface area contributed by atoms with Gasteiger partial charge in [-0.25, -0.2) is 4.39 Å². The lowest BCUT2D eigenvalue weighted by Crippen LogP contribution is -2.09. The van der Waals surface area contributed by atoms with Crippen molar-refractivity contribution in [3.63, 3.8) is 0 Å². The van der Waals surface area contributed by atoms with Crippen molar-refractivity contribution in [1.29, 1.82) is 0 Å². The second kappa shape index (κ2) is 7.09. The number of nitrogens with one attached hydrogen (secondary N) is 1. The highest BCUT2D eigenvalue weighted by atomic mass is 19.1. The lowest BCUT2D eigenvalue weighted by molar-refractivity contribution is -0.385. The number of nitrogens with zero attached hydrogens (tertiary/aromatic N) is 2. The molecule has 24 heavy (non-hydrogen) atoms. The number of halogens is 1. The average molecular weight is 331 g/mol. The summed E-state index contributed by atoms with van der Waals surface area (Å²) in [7, 11) is 0. The van der Waals surface area contributed by atoms with E-state index in [1.54, 1.807) is 6.07 Å². The fraction of sp³-hybridized carbons (Fsp3) is 0. The molecule has 1 amide bonds. The molecule has 0 unspecified atom stereocenters. The van der Waals surface area contributed by atoms with Gasteiger partial charge in [0.2, 0.25) is 5.91 Å². The maximum absolute atomic E-state index is 13.6. The van der Waals surface area contributed by atoms with Gasteiger partial charge in [0.25, 0.3) is 11.4 Å². The van der Waals surface area contributed by atoms with Crippen molar-refractivity contribution < 1.29 is 19.0 Å². The summed E-state index contributed by atoms with van der Waals surface area (Å²) in [6.07, 6.45) is 2.34. The van der Waals surface area contributed by atoms with E-state index in [9.17, 15) is 29.4 Å². The number of anilines is 1.